The van der Waals surface area contributed by atoms with Gasteiger partial charge < -0.3 is 15.0 Å². The fourth-order valence-corrected chi connectivity index (χ4v) is 2.48. The molecule has 2 aromatic heterocycles. The smallest absolute Gasteiger partial charge is 0.338 e. The van der Waals surface area contributed by atoms with Gasteiger partial charge in [-0.3, -0.25) is 4.79 Å². The predicted molar refractivity (Wildman–Crippen MR) is 101 cm³/mol. The molecule has 8 heteroatoms. The van der Waals surface area contributed by atoms with Crippen LogP contribution in [-0.2, 0) is 9.53 Å². The van der Waals surface area contributed by atoms with Crippen LogP contribution in [0.5, 0.6) is 0 Å². The summed E-state index contributed by atoms with van der Waals surface area (Å²) in [4.78, 5) is 35.8. The molecule has 138 valence electrons. The molecule has 3 aromatic rings. The lowest BCUT2D eigenvalue weighted by atomic mass is 10.1. The van der Waals surface area contributed by atoms with Gasteiger partial charge in [-0.1, -0.05) is 30.7 Å². The number of aromatic nitrogens is 3. The summed E-state index contributed by atoms with van der Waals surface area (Å²) in [5, 5.41) is 3.07. The van der Waals surface area contributed by atoms with E-state index in [9.17, 15) is 9.59 Å². The zero-order valence-corrected chi connectivity index (χ0v) is 15.2. The predicted octanol–water partition coefficient (Wildman–Crippen LogP) is 3.70. The van der Waals surface area contributed by atoms with Gasteiger partial charge >= 0.3 is 5.97 Å². The van der Waals surface area contributed by atoms with Crippen molar-refractivity contribution in [3.63, 3.8) is 0 Å². The van der Waals surface area contributed by atoms with Gasteiger partial charge in [-0.2, -0.15) is 0 Å². The second kappa shape index (κ2) is 8.46. The Hall–Kier alpha value is -3.19. The standard InChI is InChI=1S/C19H17ClN4O3/c1-2-15(18(25)24-16-8-7-14(20)11-23-16)27-19(26)13-5-3-12(4-6-13)17-21-9-10-22-17/h3-11,15H,2H2,1H3,(H,21,22)(H,23,24,25). The largest absolute Gasteiger partial charge is 0.449 e. The minimum atomic E-state index is -0.931. The number of nitrogens with one attached hydrogen (secondary N) is 2. The highest BCUT2D eigenvalue weighted by Gasteiger charge is 2.22. The molecule has 7 nitrogen and oxygen atoms in total. The summed E-state index contributed by atoms with van der Waals surface area (Å²) in [6.45, 7) is 1.76. The molecule has 1 unspecified atom stereocenters. The molecule has 27 heavy (non-hydrogen) atoms. The Morgan fingerprint density at radius 3 is 2.56 bits per heavy atom. The van der Waals surface area contributed by atoms with E-state index in [0.29, 0.717) is 28.6 Å². The lowest BCUT2D eigenvalue weighted by Crippen LogP contribution is -2.32. The number of esters is 1. The number of halogens is 1. The zero-order valence-electron chi connectivity index (χ0n) is 14.5. The van der Waals surface area contributed by atoms with Crippen LogP contribution in [0.4, 0.5) is 5.82 Å². The van der Waals surface area contributed by atoms with Crippen molar-refractivity contribution in [3.05, 3.63) is 65.6 Å². The van der Waals surface area contributed by atoms with Crippen molar-refractivity contribution in [3.8, 4) is 11.4 Å². The number of anilines is 1. The van der Waals surface area contributed by atoms with E-state index in [0.717, 1.165) is 5.56 Å². The van der Waals surface area contributed by atoms with Gasteiger partial charge in [0.1, 0.15) is 11.6 Å². The van der Waals surface area contributed by atoms with Gasteiger partial charge in [0.25, 0.3) is 5.91 Å². The molecule has 1 amide bonds. The summed E-state index contributed by atoms with van der Waals surface area (Å²) in [6.07, 6.45) is 4.19. The van der Waals surface area contributed by atoms with Crippen molar-refractivity contribution in [1.29, 1.82) is 0 Å². The average Bonchev–Trinajstić information content (AvgIpc) is 3.22. The number of pyridine rings is 1. The summed E-state index contributed by atoms with van der Waals surface area (Å²) in [6, 6.07) is 9.96. The lowest BCUT2D eigenvalue weighted by molar-refractivity contribution is -0.124. The average molecular weight is 385 g/mol. The number of H-pyrrole nitrogens is 1. The van der Waals surface area contributed by atoms with Crippen molar-refractivity contribution in [2.75, 3.05) is 5.32 Å². The molecule has 0 aliphatic rings. The molecule has 1 aromatic carbocycles. The Balaban J connectivity index is 1.63. The normalized spacial score (nSPS) is 11.6. The molecule has 0 aliphatic carbocycles. The van der Waals surface area contributed by atoms with E-state index in [1.807, 2.05) is 0 Å². The van der Waals surface area contributed by atoms with Crippen molar-refractivity contribution in [2.24, 2.45) is 0 Å². The van der Waals surface area contributed by atoms with Gasteiger partial charge in [0.15, 0.2) is 6.10 Å². The van der Waals surface area contributed by atoms with Crippen molar-refractivity contribution >= 4 is 29.3 Å². The maximum Gasteiger partial charge on any atom is 0.338 e. The highest BCUT2D eigenvalue weighted by molar-refractivity contribution is 6.30. The molecule has 0 fully saturated rings. The number of aromatic amines is 1. The first kappa shape index (κ1) is 18.6. The third kappa shape index (κ3) is 4.71. The Bertz CT molecular complexity index is 909. The van der Waals surface area contributed by atoms with Crippen LogP contribution in [0.3, 0.4) is 0 Å². The van der Waals surface area contributed by atoms with E-state index in [1.165, 1.54) is 6.20 Å². The fourth-order valence-electron chi connectivity index (χ4n) is 2.36. The molecular weight excluding hydrogens is 368 g/mol. The number of ether oxygens (including phenoxy) is 1. The van der Waals surface area contributed by atoms with Crippen molar-refractivity contribution in [1.82, 2.24) is 15.0 Å². The zero-order chi connectivity index (χ0) is 19.2. The highest BCUT2D eigenvalue weighted by atomic mass is 35.5. The number of imidazole rings is 1. The molecule has 1 atom stereocenters. The van der Waals surface area contributed by atoms with E-state index >= 15 is 0 Å². The van der Waals surface area contributed by atoms with Crippen LogP contribution in [0.15, 0.2) is 55.0 Å². The number of carbonyl (C=O) groups excluding carboxylic acids is 2. The number of rotatable bonds is 6. The third-order valence-corrected chi connectivity index (χ3v) is 4.01. The number of nitrogens with zero attached hydrogens (tertiary/aromatic N) is 2. The van der Waals surface area contributed by atoms with Crippen LogP contribution < -0.4 is 5.32 Å². The van der Waals surface area contributed by atoms with Gasteiger partial charge in [-0.25, -0.2) is 14.8 Å². The number of hydrogen-bond donors (Lipinski definition) is 2. The fraction of sp³-hybridized carbons (Fsp3) is 0.158. The Labute approximate surface area is 160 Å². The highest BCUT2D eigenvalue weighted by Crippen LogP contribution is 2.17. The molecule has 3 rings (SSSR count). The molecule has 2 N–H and O–H groups in total. The minimum absolute atomic E-state index is 0.329. The van der Waals surface area contributed by atoms with E-state index in [2.05, 4.69) is 20.3 Å². The molecule has 2 heterocycles. The Kier molecular flexibility index (Phi) is 5.83. The quantitative estimate of drug-likeness (QED) is 0.631. The molecule has 0 bridgehead atoms. The first-order valence-electron chi connectivity index (χ1n) is 8.30. The van der Waals surface area contributed by atoms with Gasteiger partial charge in [0.05, 0.1) is 10.6 Å². The SMILES string of the molecule is CCC(OC(=O)c1ccc(-c2ncc[nH]2)cc1)C(=O)Nc1ccc(Cl)cn1. The first-order valence-corrected chi connectivity index (χ1v) is 8.68. The topological polar surface area (TPSA) is 97.0 Å². The molecular formula is C19H17ClN4O3. The van der Waals surface area contributed by atoms with E-state index in [-0.39, 0.29) is 0 Å². The monoisotopic (exact) mass is 384 g/mol. The molecule has 0 saturated carbocycles. The van der Waals surface area contributed by atoms with Crippen LogP contribution in [0.2, 0.25) is 5.02 Å². The van der Waals surface area contributed by atoms with Crippen molar-refractivity contribution < 1.29 is 14.3 Å². The Morgan fingerprint density at radius 2 is 1.96 bits per heavy atom. The molecule has 0 spiro atoms. The van der Waals surface area contributed by atoms with Gasteiger partial charge in [-0.15, -0.1) is 0 Å². The third-order valence-electron chi connectivity index (χ3n) is 3.78. The summed E-state index contributed by atoms with van der Waals surface area (Å²) in [7, 11) is 0. The summed E-state index contributed by atoms with van der Waals surface area (Å²) < 4.78 is 5.35. The van der Waals surface area contributed by atoms with Crippen LogP contribution in [0.1, 0.15) is 23.7 Å². The van der Waals surface area contributed by atoms with E-state index in [1.54, 1.807) is 55.7 Å². The number of amides is 1. The van der Waals surface area contributed by atoms with E-state index in [4.69, 9.17) is 16.3 Å². The molecule has 0 radical (unpaired) electrons. The second-order valence-corrected chi connectivity index (χ2v) is 6.10. The number of carbonyl (C=O) groups is 2. The van der Waals surface area contributed by atoms with Crippen LogP contribution in [0, 0.1) is 0 Å². The van der Waals surface area contributed by atoms with Gasteiger partial charge in [0, 0.05) is 24.2 Å². The number of benzene rings is 1. The van der Waals surface area contributed by atoms with Crippen LogP contribution in [0.25, 0.3) is 11.4 Å². The Morgan fingerprint density at radius 1 is 1.19 bits per heavy atom. The molecule has 0 saturated heterocycles. The second-order valence-electron chi connectivity index (χ2n) is 5.67. The number of hydrogen-bond acceptors (Lipinski definition) is 5. The lowest BCUT2D eigenvalue weighted by Gasteiger charge is -2.16. The first-order chi connectivity index (χ1) is 13.1. The summed E-state index contributed by atoms with van der Waals surface area (Å²) >= 11 is 5.77. The maximum absolute atomic E-state index is 12.4. The minimum Gasteiger partial charge on any atom is -0.449 e. The van der Waals surface area contributed by atoms with Gasteiger partial charge in [-0.05, 0) is 30.7 Å². The van der Waals surface area contributed by atoms with E-state index < -0.39 is 18.0 Å². The van der Waals surface area contributed by atoms with Crippen LogP contribution >= 0.6 is 11.6 Å². The van der Waals surface area contributed by atoms with Crippen molar-refractivity contribution in [2.45, 2.75) is 19.4 Å². The summed E-state index contributed by atoms with van der Waals surface area (Å²) in [5.74, 6) is 0.0119. The van der Waals surface area contributed by atoms with Gasteiger partial charge in [0.2, 0.25) is 0 Å². The van der Waals surface area contributed by atoms with Crippen LogP contribution in [-0.4, -0.2) is 32.9 Å². The maximum atomic E-state index is 12.4. The summed E-state index contributed by atoms with van der Waals surface area (Å²) in [5.41, 5.74) is 1.19. The molecule has 0 aliphatic heterocycles.